The molecule has 132 valence electrons. The minimum Gasteiger partial charge on any atom is -0.478 e. The van der Waals surface area contributed by atoms with Crippen molar-refractivity contribution in [2.24, 2.45) is 0 Å². The first-order chi connectivity index (χ1) is 12.1. The third kappa shape index (κ3) is 3.40. The third-order valence-corrected chi connectivity index (χ3v) is 5.78. The number of carbonyl (C=O) groups is 1. The van der Waals surface area contributed by atoms with Crippen LogP contribution in [-0.2, 0) is 18.8 Å². The number of hydrogen-bond donors (Lipinski definition) is 0. The average molecular weight is 376 g/mol. The van der Waals surface area contributed by atoms with Gasteiger partial charge in [-0.3, -0.25) is 4.79 Å². The zero-order valence-corrected chi connectivity index (χ0v) is 16.0. The van der Waals surface area contributed by atoms with Crippen LogP contribution in [0, 0.1) is 0 Å². The van der Waals surface area contributed by atoms with Crippen LogP contribution < -0.4 is 0 Å². The molecular formula is C19H20O4S2. The molecule has 6 heteroatoms. The van der Waals surface area contributed by atoms with Gasteiger partial charge in [0.25, 0.3) is 0 Å². The molecule has 25 heavy (non-hydrogen) atoms. The normalized spacial score (nSPS) is 16.4. The minimum atomic E-state index is -0.765. The van der Waals surface area contributed by atoms with Gasteiger partial charge in [-0.1, -0.05) is 26.0 Å². The molecule has 0 atom stereocenters. The Hall–Kier alpha value is -1.60. The van der Waals surface area contributed by atoms with Crippen LogP contribution in [0.3, 0.4) is 0 Å². The van der Waals surface area contributed by atoms with E-state index < -0.39 is 5.60 Å². The summed E-state index contributed by atoms with van der Waals surface area (Å²) in [6.07, 6.45) is 1.30. The lowest BCUT2D eigenvalue weighted by molar-refractivity contribution is -0.160. The highest BCUT2D eigenvalue weighted by molar-refractivity contribution is 7.94. The molecule has 0 unspecified atom stereocenters. The molecule has 1 aromatic carbocycles. The topological polar surface area (TPSA) is 44.8 Å². The Morgan fingerprint density at radius 1 is 1.12 bits per heavy atom. The second-order valence-corrected chi connectivity index (χ2v) is 7.25. The summed E-state index contributed by atoms with van der Waals surface area (Å²) in [6, 6.07) is 9.70. The summed E-state index contributed by atoms with van der Waals surface area (Å²) >= 11 is 2.71. The molecular weight excluding hydrogens is 356 g/mol. The monoisotopic (exact) mass is 376 g/mol. The van der Waals surface area contributed by atoms with Crippen molar-refractivity contribution >= 4 is 40.5 Å². The van der Waals surface area contributed by atoms with E-state index in [9.17, 15) is 4.79 Å². The number of thiophene rings is 1. The highest BCUT2D eigenvalue weighted by Gasteiger charge is 2.47. The molecule has 0 saturated heterocycles. The van der Waals surface area contributed by atoms with Crippen molar-refractivity contribution in [3.05, 3.63) is 52.2 Å². The molecule has 0 spiro atoms. The Kier molecular flexibility index (Phi) is 5.64. The first kappa shape index (κ1) is 18.2. The van der Waals surface area contributed by atoms with Gasteiger partial charge >= 0.3 is 0 Å². The van der Waals surface area contributed by atoms with E-state index in [0.717, 1.165) is 28.1 Å². The predicted octanol–water partition coefficient (Wildman–Crippen LogP) is 5.36. The first-order valence-corrected chi connectivity index (χ1v) is 9.82. The summed E-state index contributed by atoms with van der Waals surface area (Å²) in [7, 11) is 1.46. The first-order valence-electron chi connectivity index (χ1n) is 8.13. The van der Waals surface area contributed by atoms with E-state index in [2.05, 4.69) is 4.89 Å². The zero-order chi connectivity index (χ0) is 17.9. The van der Waals surface area contributed by atoms with Crippen molar-refractivity contribution in [3.63, 3.8) is 0 Å². The number of benzene rings is 1. The molecule has 4 nitrogen and oxygen atoms in total. The van der Waals surface area contributed by atoms with E-state index >= 15 is 0 Å². The van der Waals surface area contributed by atoms with Gasteiger partial charge in [-0.05, 0) is 47.4 Å². The van der Waals surface area contributed by atoms with Crippen molar-refractivity contribution in [2.45, 2.75) is 37.2 Å². The Morgan fingerprint density at radius 3 is 2.40 bits per heavy atom. The second-order valence-electron chi connectivity index (χ2n) is 5.69. The molecule has 0 radical (unpaired) electrons. The molecule has 2 aromatic rings. The zero-order valence-electron chi connectivity index (χ0n) is 14.4. The number of rotatable bonds is 7. The lowest BCUT2D eigenvalue weighted by atomic mass is 9.87. The molecule has 3 rings (SSSR count). The number of hydrogen-bond acceptors (Lipinski definition) is 6. The van der Waals surface area contributed by atoms with E-state index in [-0.39, 0.29) is 5.78 Å². The maximum atomic E-state index is 13.2. The van der Waals surface area contributed by atoms with Crippen molar-refractivity contribution in [3.8, 4) is 0 Å². The van der Waals surface area contributed by atoms with Crippen LogP contribution >= 0.6 is 23.4 Å². The summed E-state index contributed by atoms with van der Waals surface area (Å²) in [6.45, 7) is 3.99. The van der Waals surface area contributed by atoms with Gasteiger partial charge in [0.05, 0.1) is 24.7 Å². The molecule has 0 N–H and O–H groups in total. The fraction of sp³-hybridized carbons (Fsp3) is 0.316. The van der Waals surface area contributed by atoms with Crippen LogP contribution in [0.1, 0.15) is 37.8 Å². The average Bonchev–Trinajstić information content (AvgIpc) is 3.27. The molecule has 0 bridgehead atoms. The smallest absolute Gasteiger partial charge is 0.210 e. The number of ether oxygens (including phenoxy) is 1. The molecule has 2 heterocycles. The summed E-state index contributed by atoms with van der Waals surface area (Å²) in [5.74, 6) is 0.739. The SMILES string of the molecule is CCC1(CC)OC(c2ccc(SOOC)cc2)=C(c2ccsc2)C1=O. The van der Waals surface area contributed by atoms with Crippen LogP contribution in [0.2, 0.25) is 0 Å². The largest absolute Gasteiger partial charge is 0.478 e. The summed E-state index contributed by atoms with van der Waals surface area (Å²) < 4.78 is 11.1. The van der Waals surface area contributed by atoms with Crippen LogP contribution in [0.5, 0.6) is 0 Å². The Balaban J connectivity index is 2.02. The van der Waals surface area contributed by atoms with Crippen molar-refractivity contribution < 1.29 is 18.8 Å². The highest BCUT2D eigenvalue weighted by Crippen LogP contribution is 2.45. The molecule has 1 aliphatic rings. The molecule has 0 saturated carbocycles. The second kappa shape index (κ2) is 7.74. The standard InChI is InChI=1S/C19H20O4S2/c1-4-19(5-2)18(20)16(14-10-11-24-12-14)17(22-19)13-6-8-15(9-7-13)25-23-21-3/h6-12H,4-5H2,1-3H3. The van der Waals surface area contributed by atoms with Crippen LogP contribution in [0.4, 0.5) is 0 Å². The summed E-state index contributed by atoms with van der Waals surface area (Å²) in [5.41, 5.74) is 1.73. The quantitative estimate of drug-likeness (QED) is 0.370. The molecule has 1 aromatic heterocycles. The van der Waals surface area contributed by atoms with Gasteiger partial charge in [0.15, 0.2) is 5.60 Å². The summed E-state index contributed by atoms with van der Waals surface area (Å²) in [4.78, 5) is 18.7. The molecule has 1 aliphatic heterocycles. The predicted molar refractivity (Wildman–Crippen MR) is 101 cm³/mol. The van der Waals surface area contributed by atoms with Gasteiger partial charge in [-0.25, -0.2) is 4.89 Å². The number of Topliss-reactive ketones (excluding diaryl/α,β-unsaturated/α-hetero) is 1. The van der Waals surface area contributed by atoms with Crippen molar-refractivity contribution in [1.82, 2.24) is 0 Å². The Morgan fingerprint density at radius 2 is 1.84 bits per heavy atom. The lowest BCUT2D eigenvalue weighted by Crippen LogP contribution is -2.35. The van der Waals surface area contributed by atoms with Crippen LogP contribution in [0.25, 0.3) is 11.3 Å². The minimum absolute atomic E-state index is 0.0760. The molecule has 0 fully saturated rings. The van der Waals surface area contributed by atoms with Gasteiger partial charge in [-0.2, -0.15) is 15.7 Å². The highest BCUT2D eigenvalue weighted by atomic mass is 32.2. The van der Waals surface area contributed by atoms with Gasteiger partial charge in [0.1, 0.15) is 5.76 Å². The van der Waals surface area contributed by atoms with E-state index in [1.54, 1.807) is 11.3 Å². The fourth-order valence-corrected chi connectivity index (χ4v) is 3.99. The van der Waals surface area contributed by atoms with E-state index in [1.807, 2.05) is 54.9 Å². The van der Waals surface area contributed by atoms with Crippen molar-refractivity contribution in [2.75, 3.05) is 7.11 Å². The number of ketones is 1. The van der Waals surface area contributed by atoms with Crippen LogP contribution in [-0.4, -0.2) is 18.5 Å². The van der Waals surface area contributed by atoms with Gasteiger partial charge in [0, 0.05) is 10.5 Å². The summed E-state index contributed by atoms with van der Waals surface area (Å²) in [5, 5.41) is 3.97. The maximum Gasteiger partial charge on any atom is 0.210 e. The van der Waals surface area contributed by atoms with Gasteiger partial charge in [-0.15, -0.1) is 0 Å². The molecule has 0 amide bonds. The maximum absolute atomic E-state index is 13.2. The Labute approximate surface area is 155 Å². The van der Waals surface area contributed by atoms with E-state index in [1.165, 1.54) is 7.11 Å². The van der Waals surface area contributed by atoms with Gasteiger partial charge in [0.2, 0.25) is 5.78 Å². The van der Waals surface area contributed by atoms with Crippen molar-refractivity contribution in [1.29, 1.82) is 0 Å². The van der Waals surface area contributed by atoms with E-state index in [4.69, 9.17) is 9.07 Å². The fourth-order valence-electron chi connectivity index (χ4n) is 2.95. The van der Waals surface area contributed by atoms with Crippen LogP contribution in [0.15, 0.2) is 46.0 Å². The Bertz CT molecular complexity index is 759. The van der Waals surface area contributed by atoms with Gasteiger partial charge < -0.3 is 4.74 Å². The lowest BCUT2D eigenvalue weighted by Gasteiger charge is -2.25. The third-order valence-electron chi connectivity index (χ3n) is 4.43. The number of carbonyl (C=O) groups excluding carboxylic acids is 1. The van der Waals surface area contributed by atoms with E-state index in [0.29, 0.717) is 24.2 Å². The molecule has 0 aliphatic carbocycles.